The summed E-state index contributed by atoms with van der Waals surface area (Å²) in [7, 11) is 0. The van der Waals surface area contributed by atoms with Crippen LogP contribution >= 0.6 is 0 Å². The first kappa shape index (κ1) is 17.8. The van der Waals surface area contributed by atoms with E-state index in [-0.39, 0.29) is 0 Å². The van der Waals surface area contributed by atoms with Gasteiger partial charge < -0.3 is 14.6 Å². The Morgan fingerprint density at radius 1 is 1.26 bits per heavy atom. The minimum absolute atomic E-state index is 0.637. The van der Waals surface area contributed by atoms with E-state index < -0.39 is 12.0 Å². The van der Waals surface area contributed by atoms with Gasteiger partial charge in [-0.25, -0.2) is 0 Å². The number of nitrogens with one attached hydrogen (secondary N) is 1. The van der Waals surface area contributed by atoms with Gasteiger partial charge in [0.05, 0.1) is 5.69 Å². The number of aliphatic carboxylic acids is 1. The van der Waals surface area contributed by atoms with Crippen molar-refractivity contribution >= 4 is 16.9 Å². The fourth-order valence-electron chi connectivity index (χ4n) is 3.94. The second-order valence-corrected chi connectivity index (χ2v) is 7.15. The Morgan fingerprint density at radius 2 is 2.00 bits per heavy atom. The summed E-state index contributed by atoms with van der Waals surface area (Å²) in [5.74, 6) is 0.0519. The zero-order chi connectivity index (χ0) is 19.0. The maximum absolute atomic E-state index is 12.1. The molecule has 4 rings (SSSR count). The molecule has 2 aromatic heterocycles. The summed E-state index contributed by atoms with van der Waals surface area (Å²) in [6, 6.07) is 7.21. The van der Waals surface area contributed by atoms with Crippen LogP contribution in [-0.4, -0.2) is 57.2 Å². The van der Waals surface area contributed by atoms with Crippen molar-refractivity contribution in [3.05, 3.63) is 53.0 Å². The molecule has 1 fully saturated rings. The first-order valence-corrected chi connectivity index (χ1v) is 9.21. The second kappa shape index (κ2) is 7.17. The fraction of sp³-hybridized carbons (Fsp3) is 0.400. The van der Waals surface area contributed by atoms with Crippen LogP contribution in [0.4, 0.5) is 0 Å². The molecule has 0 amide bonds. The third-order valence-electron chi connectivity index (χ3n) is 5.48. The molecule has 0 bridgehead atoms. The maximum atomic E-state index is 12.1. The van der Waals surface area contributed by atoms with Crippen LogP contribution in [0.15, 0.2) is 35.0 Å². The van der Waals surface area contributed by atoms with Gasteiger partial charge in [-0.15, -0.1) is 0 Å². The lowest BCUT2D eigenvalue weighted by Crippen LogP contribution is -2.48. The highest BCUT2D eigenvalue weighted by atomic mass is 16.5. The Morgan fingerprint density at radius 3 is 2.67 bits per heavy atom. The number of aromatic amines is 1. The normalized spacial score (nSPS) is 17.4. The number of aryl methyl sites for hydroxylation is 2. The third kappa shape index (κ3) is 3.36. The number of hydrogen-bond acceptors (Lipinski definition) is 5. The Kier molecular flexibility index (Phi) is 4.72. The molecule has 0 aliphatic carbocycles. The standard InChI is InChI=1S/C20H24N4O3/c1-13-17(14(2)27-22-13)12-23-7-9-24(10-8-23)19(20(25)26)16-11-21-18-6-4-3-5-15(16)18/h3-6,11,19,21H,7-10,12H2,1-2H3,(H,25,26)/t19-/m1/s1. The maximum Gasteiger partial charge on any atom is 0.325 e. The van der Waals surface area contributed by atoms with Crippen molar-refractivity contribution in [2.24, 2.45) is 0 Å². The molecule has 0 radical (unpaired) electrons. The molecule has 27 heavy (non-hydrogen) atoms. The van der Waals surface area contributed by atoms with Gasteiger partial charge >= 0.3 is 5.97 Å². The van der Waals surface area contributed by atoms with E-state index in [9.17, 15) is 9.90 Å². The molecule has 1 aliphatic heterocycles. The largest absolute Gasteiger partial charge is 0.480 e. The summed E-state index contributed by atoms with van der Waals surface area (Å²) in [6.07, 6.45) is 1.83. The predicted octanol–water partition coefficient (Wildman–Crippen LogP) is 2.72. The van der Waals surface area contributed by atoms with E-state index in [0.29, 0.717) is 13.1 Å². The molecule has 1 aromatic carbocycles. The van der Waals surface area contributed by atoms with Crippen LogP contribution in [0.5, 0.6) is 0 Å². The van der Waals surface area contributed by atoms with E-state index in [1.165, 1.54) is 0 Å². The van der Waals surface area contributed by atoms with Crippen LogP contribution in [-0.2, 0) is 11.3 Å². The van der Waals surface area contributed by atoms with Crippen molar-refractivity contribution < 1.29 is 14.4 Å². The lowest BCUT2D eigenvalue weighted by atomic mass is 10.0. The lowest BCUT2D eigenvalue weighted by Gasteiger charge is -2.37. The number of carbonyl (C=O) groups is 1. The molecule has 1 aliphatic rings. The molecular formula is C20H24N4O3. The van der Waals surface area contributed by atoms with Gasteiger partial charge in [-0.3, -0.25) is 14.6 Å². The van der Waals surface area contributed by atoms with Gasteiger partial charge in [-0.05, 0) is 19.9 Å². The summed E-state index contributed by atoms with van der Waals surface area (Å²) < 4.78 is 5.25. The van der Waals surface area contributed by atoms with Crippen molar-refractivity contribution in [2.45, 2.75) is 26.4 Å². The first-order chi connectivity index (χ1) is 13.0. The number of para-hydroxylation sites is 1. The molecule has 2 N–H and O–H groups in total. The van der Waals surface area contributed by atoms with Gasteiger partial charge in [0.25, 0.3) is 0 Å². The number of fused-ring (bicyclic) bond motifs is 1. The second-order valence-electron chi connectivity index (χ2n) is 7.15. The van der Waals surface area contributed by atoms with Gasteiger partial charge in [0.1, 0.15) is 11.8 Å². The first-order valence-electron chi connectivity index (χ1n) is 9.21. The number of rotatable bonds is 5. The Bertz CT molecular complexity index is 934. The van der Waals surface area contributed by atoms with Gasteiger partial charge in [0, 0.05) is 61.0 Å². The van der Waals surface area contributed by atoms with Crippen LogP contribution in [0.25, 0.3) is 10.9 Å². The number of carboxylic acid groups (broad SMARTS) is 1. The summed E-state index contributed by atoms with van der Waals surface area (Å²) in [5, 5.41) is 14.9. The van der Waals surface area contributed by atoms with E-state index in [4.69, 9.17) is 4.52 Å². The van der Waals surface area contributed by atoms with E-state index in [1.54, 1.807) is 0 Å². The van der Waals surface area contributed by atoms with Gasteiger partial charge in [0.2, 0.25) is 0 Å². The molecule has 0 spiro atoms. The van der Waals surface area contributed by atoms with E-state index in [0.717, 1.165) is 53.1 Å². The highest BCUT2D eigenvalue weighted by Gasteiger charge is 2.32. The minimum atomic E-state index is -0.807. The molecule has 1 saturated heterocycles. The number of nitrogens with zero attached hydrogens (tertiary/aromatic N) is 3. The smallest absolute Gasteiger partial charge is 0.325 e. The van der Waals surface area contributed by atoms with Crippen molar-refractivity contribution in [3.8, 4) is 0 Å². The van der Waals surface area contributed by atoms with E-state index in [2.05, 4.69) is 19.9 Å². The van der Waals surface area contributed by atoms with Crippen LogP contribution in [0, 0.1) is 13.8 Å². The molecule has 7 nitrogen and oxygen atoms in total. The quantitative estimate of drug-likeness (QED) is 0.720. The molecule has 0 saturated carbocycles. The molecule has 3 aromatic rings. The fourth-order valence-corrected chi connectivity index (χ4v) is 3.94. The van der Waals surface area contributed by atoms with Crippen LogP contribution < -0.4 is 0 Å². The van der Waals surface area contributed by atoms with Crippen molar-refractivity contribution in [1.82, 2.24) is 19.9 Å². The molecule has 1 atom stereocenters. The third-order valence-corrected chi connectivity index (χ3v) is 5.48. The number of benzene rings is 1. The number of H-pyrrole nitrogens is 1. The highest BCUT2D eigenvalue weighted by molar-refractivity contribution is 5.89. The average Bonchev–Trinajstić information content (AvgIpc) is 3.22. The van der Waals surface area contributed by atoms with Gasteiger partial charge in [0.15, 0.2) is 0 Å². The predicted molar refractivity (Wildman–Crippen MR) is 102 cm³/mol. The summed E-state index contributed by atoms with van der Waals surface area (Å²) in [4.78, 5) is 19.7. The van der Waals surface area contributed by atoms with Crippen molar-refractivity contribution in [2.75, 3.05) is 26.2 Å². The molecule has 0 unspecified atom stereocenters. The average molecular weight is 368 g/mol. The number of aromatic nitrogens is 2. The zero-order valence-corrected chi connectivity index (χ0v) is 15.6. The van der Waals surface area contributed by atoms with Crippen LogP contribution in [0.1, 0.15) is 28.6 Å². The van der Waals surface area contributed by atoms with E-state index >= 15 is 0 Å². The lowest BCUT2D eigenvalue weighted by molar-refractivity contribution is -0.144. The summed E-state index contributed by atoms with van der Waals surface area (Å²) in [6.45, 7) is 7.73. The molecular weight excluding hydrogens is 344 g/mol. The zero-order valence-electron chi connectivity index (χ0n) is 15.6. The SMILES string of the molecule is Cc1noc(C)c1CN1CCN([C@@H](C(=O)O)c2c[nH]c3ccccc23)CC1. The number of piperazine rings is 1. The molecule has 7 heteroatoms. The van der Waals surface area contributed by atoms with Crippen molar-refractivity contribution in [1.29, 1.82) is 0 Å². The van der Waals surface area contributed by atoms with E-state index in [1.807, 2.05) is 44.3 Å². The minimum Gasteiger partial charge on any atom is -0.480 e. The molecule has 3 heterocycles. The monoisotopic (exact) mass is 368 g/mol. The molecule has 142 valence electrons. The highest BCUT2D eigenvalue weighted by Crippen LogP contribution is 2.29. The van der Waals surface area contributed by atoms with Gasteiger partial charge in [-0.1, -0.05) is 23.4 Å². The Labute approximate surface area is 157 Å². The number of hydrogen-bond donors (Lipinski definition) is 2. The van der Waals surface area contributed by atoms with Gasteiger partial charge in [-0.2, -0.15) is 0 Å². The number of carboxylic acids is 1. The van der Waals surface area contributed by atoms with Crippen LogP contribution in [0.2, 0.25) is 0 Å². The van der Waals surface area contributed by atoms with Crippen molar-refractivity contribution in [3.63, 3.8) is 0 Å². The summed E-state index contributed by atoms with van der Waals surface area (Å²) >= 11 is 0. The topological polar surface area (TPSA) is 85.6 Å². The Hall–Kier alpha value is -2.64. The summed E-state index contributed by atoms with van der Waals surface area (Å²) in [5.41, 5.74) is 3.86. The van der Waals surface area contributed by atoms with Crippen LogP contribution in [0.3, 0.4) is 0 Å². The Balaban J connectivity index is 1.49.